The molecule has 0 amide bonds. The van der Waals surface area contributed by atoms with Crippen LogP contribution in [-0.2, 0) is 6.61 Å². The number of rotatable bonds is 6. The Hall–Kier alpha value is -2.36. The Bertz CT molecular complexity index is 579. The molecule has 20 heavy (non-hydrogen) atoms. The number of carbonyl (C=O) groups excluding carboxylic acids is 1. The van der Waals surface area contributed by atoms with Crippen molar-refractivity contribution in [3.05, 3.63) is 53.9 Å². The van der Waals surface area contributed by atoms with Crippen LogP contribution in [0.2, 0.25) is 0 Å². The van der Waals surface area contributed by atoms with E-state index in [1.54, 1.807) is 25.4 Å². The van der Waals surface area contributed by atoms with Crippen molar-refractivity contribution in [1.29, 1.82) is 0 Å². The summed E-state index contributed by atoms with van der Waals surface area (Å²) in [6.45, 7) is 2.25. The number of methoxy groups -OCH3 is 1. The second-order valence-electron chi connectivity index (χ2n) is 4.30. The quantitative estimate of drug-likeness (QED) is 0.757. The fraction of sp³-hybridized carbons (Fsp3) is 0.250. The molecule has 0 aliphatic carbocycles. The van der Waals surface area contributed by atoms with E-state index in [1.165, 1.54) is 0 Å². The first kappa shape index (κ1) is 14.1. The average Bonchev–Trinajstić information content (AvgIpc) is 2.53. The van der Waals surface area contributed by atoms with Gasteiger partial charge >= 0.3 is 0 Å². The molecule has 0 saturated heterocycles. The summed E-state index contributed by atoms with van der Waals surface area (Å²) in [6.07, 6.45) is 2.03. The second-order valence-corrected chi connectivity index (χ2v) is 4.30. The van der Waals surface area contributed by atoms with Crippen molar-refractivity contribution in [2.75, 3.05) is 7.11 Å². The van der Waals surface area contributed by atoms with E-state index in [-0.39, 0.29) is 5.78 Å². The number of hydrogen-bond donors (Lipinski definition) is 0. The van der Waals surface area contributed by atoms with Crippen molar-refractivity contribution in [1.82, 2.24) is 4.98 Å². The van der Waals surface area contributed by atoms with Gasteiger partial charge in [-0.1, -0.05) is 19.1 Å². The van der Waals surface area contributed by atoms with Gasteiger partial charge in [-0.3, -0.25) is 4.79 Å². The van der Waals surface area contributed by atoms with Gasteiger partial charge in [-0.25, -0.2) is 4.98 Å². The maximum absolute atomic E-state index is 11.5. The zero-order chi connectivity index (χ0) is 14.4. The fourth-order valence-electron chi connectivity index (χ4n) is 1.74. The Morgan fingerprint density at radius 3 is 2.70 bits per heavy atom. The van der Waals surface area contributed by atoms with Crippen LogP contribution in [0.15, 0.2) is 42.6 Å². The first-order valence-electron chi connectivity index (χ1n) is 6.48. The topological polar surface area (TPSA) is 48.4 Å². The van der Waals surface area contributed by atoms with Gasteiger partial charge in [-0.2, -0.15) is 0 Å². The Labute approximate surface area is 118 Å². The van der Waals surface area contributed by atoms with Gasteiger partial charge in [-0.15, -0.1) is 0 Å². The fourth-order valence-corrected chi connectivity index (χ4v) is 1.74. The molecule has 0 bridgehead atoms. The highest BCUT2D eigenvalue weighted by Gasteiger charge is 2.04. The molecule has 0 atom stereocenters. The molecule has 104 valence electrons. The van der Waals surface area contributed by atoms with E-state index in [0.717, 1.165) is 11.3 Å². The molecule has 0 spiro atoms. The number of benzene rings is 1. The third kappa shape index (κ3) is 3.57. The van der Waals surface area contributed by atoms with Crippen molar-refractivity contribution in [3.8, 4) is 11.5 Å². The molecule has 0 saturated carbocycles. The van der Waals surface area contributed by atoms with Gasteiger partial charge in [0, 0.05) is 6.42 Å². The van der Waals surface area contributed by atoms with Crippen LogP contribution in [-0.4, -0.2) is 17.9 Å². The number of aromatic nitrogens is 1. The highest BCUT2D eigenvalue weighted by Crippen LogP contribution is 2.16. The molecule has 1 aromatic heterocycles. The molecule has 0 fully saturated rings. The molecule has 1 aromatic carbocycles. The maximum atomic E-state index is 11.5. The van der Waals surface area contributed by atoms with Crippen LogP contribution in [0.1, 0.15) is 29.4 Å². The van der Waals surface area contributed by atoms with E-state index < -0.39 is 0 Å². The van der Waals surface area contributed by atoms with Gasteiger partial charge in [0.05, 0.1) is 13.3 Å². The minimum Gasteiger partial charge on any atom is -0.497 e. The van der Waals surface area contributed by atoms with Crippen molar-refractivity contribution in [2.45, 2.75) is 20.0 Å². The lowest BCUT2D eigenvalue weighted by Crippen LogP contribution is -2.01. The van der Waals surface area contributed by atoms with E-state index in [0.29, 0.717) is 24.5 Å². The third-order valence-electron chi connectivity index (χ3n) is 2.88. The molecule has 0 unspecified atom stereocenters. The highest BCUT2D eigenvalue weighted by molar-refractivity contribution is 5.93. The number of hydrogen-bond acceptors (Lipinski definition) is 4. The number of ether oxygens (including phenoxy) is 2. The van der Waals surface area contributed by atoms with E-state index in [1.807, 2.05) is 31.2 Å². The summed E-state index contributed by atoms with van der Waals surface area (Å²) in [6, 6.07) is 11.1. The van der Waals surface area contributed by atoms with Gasteiger partial charge in [-0.05, 0) is 29.8 Å². The number of Topliss-reactive ketones (excluding diaryl/α,β-unsaturated/α-hetero) is 1. The minimum atomic E-state index is 0.0318. The molecular formula is C16H17NO3. The van der Waals surface area contributed by atoms with E-state index in [9.17, 15) is 4.79 Å². The van der Waals surface area contributed by atoms with Crippen LogP contribution in [0, 0.1) is 0 Å². The molecule has 0 aliphatic rings. The normalized spacial score (nSPS) is 10.1. The van der Waals surface area contributed by atoms with Crippen LogP contribution in [0.5, 0.6) is 11.5 Å². The lowest BCUT2D eigenvalue weighted by molar-refractivity contribution is 0.0983. The first-order valence-corrected chi connectivity index (χ1v) is 6.48. The first-order chi connectivity index (χ1) is 9.72. The zero-order valence-electron chi connectivity index (χ0n) is 11.6. The molecule has 4 heteroatoms. The predicted octanol–water partition coefficient (Wildman–Crippen LogP) is 3.26. The standard InChI is InChI=1S/C16H17NO3/c1-3-16(18)15-8-7-14(10-17-15)20-11-12-5-4-6-13(9-12)19-2/h4-10H,3,11H2,1-2H3. The maximum Gasteiger partial charge on any atom is 0.180 e. The van der Waals surface area contributed by atoms with Crippen LogP contribution >= 0.6 is 0 Å². The van der Waals surface area contributed by atoms with Crippen LogP contribution in [0.4, 0.5) is 0 Å². The van der Waals surface area contributed by atoms with E-state index in [4.69, 9.17) is 9.47 Å². The molecule has 2 rings (SSSR count). The number of carbonyl (C=O) groups is 1. The number of nitrogens with zero attached hydrogens (tertiary/aromatic N) is 1. The van der Waals surface area contributed by atoms with Gasteiger partial charge in [0.1, 0.15) is 23.8 Å². The van der Waals surface area contributed by atoms with Gasteiger partial charge < -0.3 is 9.47 Å². The predicted molar refractivity (Wildman–Crippen MR) is 76.2 cm³/mol. The molecule has 2 aromatic rings. The van der Waals surface area contributed by atoms with Crippen molar-refractivity contribution >= 4 is 5.78 Å². The summed E-state index contributed by atoms with van der Waals surface area (Å²) in [5.41, 5.74) is 1.49. The Morgan fingerprint density at radius 1 is 1.20 bits per heavy atom. The largest absolute Gasteiger partial charge is 0.497 e. The molecule has 4 nitrogen and oxygen atoms in total. The summed E-state index contributed by atoms with van der Waals surface area (Å²) >= 11 is 0. The van der Waals surface area contributed by atoms with Gasteiger partial charge in [0.25, 0.3) is 0 Å². The van der Waals surface area contributed by atoms with Crippen molar-refractivity contribution in [2.24, 2.45) is 0 Å². The summed E-state index contributed by atoms with van der Waals surface area (Å²) < 4.78 is 10.8. The monoisotopic (exact) mass is 271 g/mol. The second kappa shape index (κ2) is 6.70. The Kier molecular flexibility index (Phi) is 4.71. The lowest BCUT2D eigenvalue weighted by Gasteiger charge is -2.07. The Morgan fingerprint density at radius 2 is 2.05 bits per heavy atom. The van der Waals surface area contributed by atoms with Gasteiger partial charge in [0.2, 0.25) is 0 Å². The van der Waals surface area contributed by atoms with Crippen LogP contribution < -0.4 is 9.47 Å². The van der Waals surface area contributed by atoms with Crippen molar-refractivity contribution < 1.29 is 14.3 Å². The smallest absolute Gasteiger partial charge is 0.180 e. The van der Waals surface area contributed by atoms with Gasteiger partial charge in [0.15, 0.2) is 5.78 Å². The molecule has 0 aliphatic heterocycles. The summed E-state index contributed by atoms with van der Waals surface area (Å²) in [4.78, 5) is 15.6. The zero-order valence-corrected chi connectivity index (χ0v) is 11.6. The third-order valence-corrected chi connectivity index (χ3v) is 2.88. The lowest BCUT2D eigenvalue weighted by atomic mass is 10.2. The molecule has 0 N–H and O–H groups in total. The van der Waals surface area contributed by atoms with Crippen molar-refractivity contribution in [3.63, 3.8) is 0 Å². The summed E-state index contributed by atoms with van der Waals surface area (Å²) in [7, 11) is 1.63. The minimum absolute atomic E-state index is 0.0318. The Balaban J connectivity index is 1.98. The summed E-state index contributed by atoms with van der Waals surface area (Å²) in [5, 5.41) is 0. The SMILES string of the molecule is CCC(=O)c1ccc(OCc2cccc(OC)c2)cn1. The van der Waals surface area contributed by atoms with E-state index >= 15 is 0 Å². The number of ketones is 1. The number of pyridine rings is 1. The van der Waals surface area contributed by atoms with Crippen LogP contribution in [0.25, 0.3) is 0 Å². The average molecular weight is 271 g/mol. The molecular weight excluding hydrogens is 254 g/mol. The highest BCUT2D eigenvalue weighted by atomic mass is 16.5. The molecule has 1 heterocycles. The van der Waals surface area contributed by atoms with Crippen LogP contribution in [0.3, 0.4) is 0 Å². The summed E-state index contributed by atoms with van der Waals surface area (Å²) in [5.74, 6) is 1.47. The van der Waals surface area contributed by atoms with E-state index in [2.05, 4.69) is 4.98 Å². The molecule has 0 radical (unpaired) electrons.